The van der Waals surface area contributed by atoms with Crippen LogP contribution in [0.2, 0.25) is 0 Å². The molecule has 1 aromatic rings. The molecule has 2 N–H and O–H groups in total. The fourth-order valence-electron chi connectivity index (χ4n) is 1.99. The van der Waals surface area contributed by atoms with Crippen LogP contribution in [0.5, 0.6) is 0 Å². The highest BCUT2D eigenvalue weighted by molar-refractivity contribution is 5.84. The fraction of sp³-hybridized carbons (Fsp3) is 0.467. The van der Waals surface area contributed by atoms with E-state index in [1.807, 2.05) is 19.9 Å². The zero-order chi connectivity index (χ0) is 14.3. The first-order valence-corrected chi connectivity index (χ1v) is 6.65. The van der Waals surface area contributed by atoms with Crippen LogP contribution < -0.4 is 5.32 Å². The van der Waals surface area contributed by atoms with Crippen LogP contribution in [-0.4, -0.2) is 17.0 Å². The molecule has 0 saturated carbocycles. The van der Waals surface area contributed by atoms with E-state index in [0.29, 0.717) is 17.9 Å². The number of aliphatic carboxylic acids is 1. The Bertz CT molecular complexity index is 413. The number of benzene rings is 1. The van der Waals surface area contributed by atoms with Gasteiger partial charge in [-0.3, -0.25) is 4.79 Å². The zero-order valence-corrected chi connectivity index (χ0v) is 11.4. The average molecular weight is 263 g/mol. The Morgan fingerprint density at radius 2 is 1.74 bits per heavy atom. The van der Waals surface area contributed by atoms with Crippen molar-refractivity contribution in [2.24, 2.45) is 5.92 Å². The maximum absolute atomic E-state index is 11.9. The van der Waals surface area contributed by atoms with Crippen LogP contribution in [0.15, 0.2) is 30.3 Å². The average Bonchev–Trinajstić information content (AvgIpc) is 2.42. The fourth-order valence-corrected chi connectivity index (χ4v) is 1.99. The third-order valence-corrected chi connectivity index (χ3v) is 3.31. The molecule has 1 rings (SSSR count). The van der Waals surface area contributed by atoms with Gasteiger partial charge in [-0.05, 0) is 11.5 Å². The third-order valence-electron chi connectivity index (χ3n) is 3.31. The molecule has 104 valence electrons. The molecule has 0 unspecified atom stereocenters. The first kappa shape index (κ1) is 15.2. The highest BCUT2D eigenvalue weighted by Crippen LogP contribution is 2.16. The summed E-state index contributed by atoms with van der Waals surface area (Å²) in [5.41, 5.74) is 0.591. The molecule has 4 nitrogen and oxygen atoms in total. The van der Waals surface area contributed by atoms with Crippen molar-refractivity contribution in [2.75, 3.05) is 0 Å². The first-order valence-electron chi connectivity index (χ1n) is 6.65. The Labute approximate surface area is 113 Å². The number of amides is 1. The van der Waals surface area contributed by atoms with E-state index in [1.165, 1.54) is 0 Å². The van der Waals surface area contributed by atoms with Gasteiger partial charge in [0, 0.05) is 6.42 Å². The summed E-state index contributed by atoms with van der Waals surface area (Å²) in [6.45, 7) is 4.07. The Hall–Kier alpha value is -1.84. The second-order valence-electron chi connectivity index (χ2n) is 4.64. The second kappa shape index (κ2) is 7.56. The lowest BCUT2D eigenvalue weighted by Gasteiger charge is -2.17. The van der Waals surface area contributed by atoms with E-state index in [9.17, 15) is 14.7 Å². The SMILES string of the molecule is CCC(CC)CC(=O)N[C@@H](C(=O)O)c1ccccc1. The number of carboxylic acid groups (broad SMARTS) is 1. The highest BCUT2D eigenvalue weighted by atomic mass is 16.4. The summed E-state index contributed by atoms with van der Waals surface area (Å²) in [5.74, 6) is -0.931. The van der Waals surface area contributed by atoms with Crippen LogP contribution in [0.3, 0.4) is 0 Å². The van der Waals surface area contributed by atoms with Gasteiger partial charge in [0.05, 0.1) is 0 Å². The molecule has 0 aliphatic heterocycles. The number of carbonyl (C=O) groups is 2. The van der Waals surface area contributed by atoms with Crippen LogP contribution >= 0.6 is 0 Å². The van der Waals surface area contributed by atoms with Gasteiger partial charge in [-0.2, -0.15) is 0 Å². The molecule has 0 heterocycles. The summed E-state index contributed by atoms with van der Waals surface area (Å²) >= 11 is 0. The van der Waals surface area contributed by atoms with Crippen molar-refractivity contribution in [1.29, 1.82) is 0 Å². The van der Waals surface area contributed by atoms with Crippen molar-refractivity contribution >= 4 is 11.9 Å². The molecule has 0 aromatic heterocycles. The van der Waals surface area contributed by atoms with Crippen molar-refractivity contribution in [3.8, 4) is 0 Å². The molecular formula is C15H21NO3. The van der Waals surface area contributed by atoms with E-state index >= 15 is 0 Å². The van der Waals surface area contributed by atoms with Gasteiger partial charge in [0.15, 0.2) is 6.04 Å². The topological polar surface area (TPSA) is 66.4 Å². The molecule has 0 bridgehead atoms. The summed E-state index contributed by atoms with van der Waals surface area (Å²) in [7, 11) is 0. The summed E-state index contributed by atoms with van der Waals surface area (Å²) < 4.78 is 0. The third kappa shape index (κ3) is 4.73. The van der Waals surface area contributed by atoms with Crippen molar-refractivity contribution < 1.29 is 14.7 Å². The van der Waals surface area contributed by atoms with Gasteiger partial charge in [-0.15, -0.1) is 0 Å². The Morgan fingerprint density at radius 3 is 2.21 bits per heavy atom. The van der Waals surface area contributed by atoms with Gasteiger partial charge < -0.3 is 10.4 Å². The van der Waals surface area contributed by atoms with E-state index in [1.54, 1.807) is 24.3 Å². The number of rotatable bonds is 7. The highest BCUT2D eigenvalue weighted by Gasteiger charge is 2.22. The molecule has 1 aromatic carbocycles. The largest absolute Gasteiger partial charge is 0.479 e. The van der Waals surface area contributed by atoms with Crippen LogP contribution in [-0.2, 0) is 9.59 Å². The van der Waals surface area contributed by atoms with Crippen molar-refractivity contribution in [2.45, 2.75) is 39.2 Å². The molecule has 0 fully saturated rings. The monoisotopic (exact) mass is 263 g/mol. The normalized spacial score (nSPS) is 12.2. The van der Waals surface area contributed by atoms with Crippen molar-refractivity contribution in [3.63, 3.8) is 0 Å². The van der Waals surface area contributed by atoms with E-state index < -0.39 is 12.0 Å². The summed E-state index contributed by atoms with van der Waals surface area (Å²) in [6.07, 6.45) is 2.23. The lowest BCUT2D eigenvalue weighted by Crippen LogP contribution is -2.34. The Kier molecular flexibility index (Phi) is 6.06. The molecular weight excluding hydrogens is 242 g/mol. The zero-order valence-electron chi connectivity index (χ0n) is 11.4. The molecule has 1 atom stereocenters. The molecule has 0 aliphatic carbocycles. The number of nitrogens with one attached hydrogen (secondary N) is 1. The van der Waals surface area contributed by atoms with Gasteiger partial charge in [-0.25, -0.2) is 4.79 Å². The van der Waals surface area contributed by atoms with E-state index in [2.05, 4.69) is 5.32 Å². The summed E-state index contributed by atoms with van der Waals surface area (Å²) in [5, 5.41) is 11.8. The predicted octanol–water partition coefficient (Wildman–Crippen LogP) is 2.75. The minimum absolute atomic E-state index is 0.204. The minimum Gasteiger partial charge on any atom is -0.479 e. The predicted molar refractivity (Wildman–Crippen MR) is 73.7 cm³/mol. The van der Waals surface area contributed by atoms with Crippen LogP contribution in [0.4, 0.5) is 0 Å². The smallest absolute Gasteiger partial charge is 0.330 e. The van der Waals surface area contributed by atoms with E-state index in [0.717, 1.165) is 12.8 Å². The second-order valence-corrected chi connectivity index (χ2v) is 4.64. The van der Waals surface area contributed by atoms with Gasteiger partial charge in [0.25, 0.3) is 0 Å². The van der Waals surface area contributed by atoms with E-state index in [-0.39, 0.29) is 5.91 Å². The lowest BCUT2D eigenvalue weighted by atomic mass is 9.98. The molecule has 0 aliphatic rings. The maximum atomic E-state index is 11.9. The molecule has 1 amide bonds. The number of carbonyl (C=O) groups excluding carboxylic acids is 1. The molecule has 0 saturated heterocycles. The number of hydrogen-bond donors (Lipinski definition) is 2. The van der Waals surface area contributed by atoms with Gasteiger partial charge >= 0.3 is 5.97 Å². The minimum atomic E-state index is -1.04. The Morgan fingerprint density at radius 1 is 1.16 bits per heavy atom. The Balaban J connectivity index is 2.70. The lowest BCUT2D eigenvalue weighted by molar-refractivity contribution is -0.142. The van der Waals surface area contributed by atoms with Crippen LogP contribution in [0.25, 0.3) is 0 Å². The first-order chi connectivity index (χ1) is 9.08. The van der Waals surface area contributed by atoms with Crippen LogP contribution in [0, 0.1) is 5.92 Å². The van der Waals surface area contributed by atoms with Gasteiger partial charge in [0.1, 0.15) is 0 Å². The molecule has 0 radical (unpaired) electrons. The van der Waals surface area contributed by atoms with Crippen LogP contribution in [0.1, 0.15) is 44.7 Å². The molecule has 4 heteroatoms. The molecule has 0 spiro atoms. The van der Waals surface area contributed by atoms with Crippen molar-refractivity contribution in [1.82, 2.24) is 5.32 Å². The number of hydrogen-bond acceptors (Lipinski definition) is 2. The maximum Gasteiger partial charge on any atom is 0.330 e. The quantitative estimate of drug-likeness (QED) is 0.795. The molecule has 19 heavy (non-hydrogen) atoms. The summed E-state index contributed by atoms with van der Waals surface area (Å²) in [6, 6.07) is 7.78. The number of carboxylic acids is 1. The van der Waals surface area contributed by atoms with Crippen molar-refractivity contribution in [3.05, 3.63) is 35.9 Å². The van der Waals surface area contributed by atoms with Gasteiger partial charge in [-0.1, -0.05) is 57.0 Å². The van der Waals surface area contributed by atoms with Gasteiger partial charge in [0.2, 0.25) is 5.91 Å². The standard InChI is InChI=1S/C15H21NO3/c1-3-11(4-2)10-13(17)16-14(15(18)19)12-8-6-5-7-9-12/h5-9,11,14H,3-4,10H2,1-2H3,(H,16,17)(H,18,19)/t14-/m1/s1. The summed E-state index contributed by atoms with van der Waals surface area (Å²) in [4.78, 5) is 23.1. The van der Waals surface area contributed by atoms with E-state index in [4.69, 9.17) is 0 Å².